The summed E-state index contributed by atoms with van der Waals surface area (Å²) >= 11 is 0. The SMILES string of the molecule is CCOc1cc(C=NNC(=O)C2CC2c2ccc(C(C)(C)C)cc2)ccc1OC. The van der Waals surface area contributed by atoms with Gasteiger partial charge in [-0.3, -0.25) is 4.79 Å². The summed E-state index contributed by atoms with van der Waals surface area (Å²) in [5.74, 6) is 1.56. The second-order valence-corrected chi connectivity index (χ2v) is 8.40. The minimum atomic E-state index is -0.0373. The van der Waals surface area contributed by atoms with Gasteiger partial charge in [-0.2, -0.15) is 5.10 Å². The zero-order valence-corrected chi connectivity index (χ0v) is 17.9. The molecule has 5 heteroatoms. The molecule has 2 aromatic carbocycles. The van der Waals surface area contributed by atoms with E-state index in [-0.39, 0.29) is 23.2 Å². The molecule has 3 rings (SSSR count). The van der Waals surface area contributed by atoms with Crippen molar-refractivity contribution in [2.45, 2.75) is 45.4 Å². The number of methoxy groups -OCH3 is 1. The van der Waals surface area contributed by atoms with Gasteiger partial charge in [0.25, 0.3) is 0 Å². The van der Waals surface area contributed by atoms with E-state index in [1.165, 1.54) is 11.1 Å². The van der Waals surface area contributed by atoms with E-state index in [2.05, 4.69) is 55.6 Å². The summed E-state index contributed by atoms with van der Waals surface area (Å²) in [6.07, 6.45) is 2.49. The van der Waals surface area contributed by atoms with Crippen molar-refractivity contribution in [2.75, 3.05) is 13.7 Å². The normalized spacial score (nSPS) is 18.5. The smallest absolute Gasteiger partial charge is 0.243 e. The summed E-state index contributed by atoms with van der Waals surface area (Å²) in [6, 6.07) is 14.2. The van der Waals surface area contributed by atoms with Crippen molar-refractivity contribution in [3.63, 3.8) is 0 Å². The van der Waals surface area contributed by atoms with Crippen molar-refractivity contribution in [3.05, 3.63) is 59.2 Å². The predicted octanol–water partition coefficient (Wildman–Crippen LogP) is 4.65. The summed E-state index contributed by atoms with van der Waals surface area (Å²) in [6.45, 7) is 9.07. The van der Waals surface area contributed by atoms with Crippen molar-refractivity contribution in [1.29, 1.82) is 0 Å². The Hall–Kier alpha value is -2.82. The Morgan fingerprint density at radius 1 is 1.17 bits per heavy atom. The predicted molar refractivity (Wildman–Crippen MR) is 116 cm³/mol. The number of benzene rings is 2. The standard InChI is InChI=1S/C24H30N2O3/c1-6-29-22-13-16(7-12-21(22)28-5)15-25-26-23(27)20-14-19(20)17-8-10-18(11-9-17)24(2,3)4/h7-13,15,19-20H,6,14H2,1-5H3,(H,26,27). The molecule has 154 valence electrons. The van der Waals surface area contributed by atoms with Crippen LogP contribution >= 0.6 is 0 Å². The van der Waals surface area contributed by atoms with Gasteiger partial charge in [0.2, 0.25) is 5.91 Å². The van der Waals surface area contributed by atoms with Gasteiger partial charge in [-0.25, -0.2) is 5.43 Å². The summed E-state index contributed by atoms with van der Waals surface area (Å²) in [7, 11) is 1.61. The van der Waals surface area contributed by atoms with E-state index in [0.717, 1.165) is 12.0 Å². The molecule has 1 aliphatic carbocycles. The van der Waals surface area contributed by atoms with Crippen molar-refractivity contribution < 1.29 is 14.3 Å². The van der Waals surface area contributed by atoms with Crippen LogP contribution in [0.25, 0.3) is 0 Å². The molecule has 0 radical (unpaired) electrons. The first kappa shape index (κ1) is 20.9. The Morgan fingerprint density at radius 3 is 2.52 bits per heavy atom. The lowest BCUT2D eigenvalue weighted by atomic mass is 9.86. The number of carbonyl (C=O) groups is 1. The molecule has 0 heterocycles. The molecule has 29 heavy (non-hydrogen) atoms. The highest BCUT2D eigenvalue weighted by Crippen LogP contribution is 2.47. The molecule has 1 aliphatic rings. The van der Waals surface area contributed by atoms with Crippen LogP contribution in [-0.4, -0.2) is 25.8 Å². The third kappa shape index (κ3) is 5.17. The van der Waals surface area contributed by atoms with E-state index in [1.54, 1.807) is 13.3 Å². The van der Waals surface area contributed by atoms with Gasteiger partial charge in [-0.1, -0.05) is 45.0 Å². The lowest BCUT2D eigenvalue weighted by molar-refractivity contribution is -0.122. The summed E-state index contributed by atoms with van der Waals surface area (Å²) in [5.41, 5.74) is 6.16. The van der Waals surface area contributed by atoms with Crippen LogP contribution in [0.5, 0.6) is 11.5 Å². The maximum atomic E-state index is 12.4. The second kappa shape index (κ2) is 8.68. The van der Waals surface area contributed by atoms with Crippen molar-refractivity contribution >= 4 is 12.1 Å². The lowest BCUT2D eigenvalue weighted by Crippen LogP contribution is -2.20. The Balaban J connectivity index is 1.56. The zero-order valence-electron chi connectivity index (χ0n) is 17.9. The highest BCUT2D eigenvalue weighted by Gasteiger charge is 2.44. The number of hydrazone groups is 1. The molecule has 0 bridgehead atoms. The van der Waals surface area contributed by atoms with Crippen LogP contribution in [0.3, 0.4) is 0 Å². The van der Waals surface area contributed by atoms with Gasteiger partial charge in [0.1, 0.15) is 0 Å². The first-order valence-electron chi connectivity index (χ1n) is 10.1. The van der Waals surface area contributed by atoms with E-state index in [4.69, 9.17) is 9.47 Å². The van der Waals surface area contributed by atoms with E-state index < -0.39 is 0 Å². The number of ether oxygens (including phenoxy) is 2. The van der Waals surface area contributed by atoms with Crippen LogP contribution in [0.2, 0.25) is 0 Å². The minimum absolute atomic E-state index is 0.0116. The first-order valence-corrected chi connectivity index (χ1v) is 10.1. The van der Waals surface area contributed by atoms with Crippen LogP contribution in [-0.2, 0) is 10.2 Å². The van der Waals surface area contributed by atoms with Crippen molar-refractivity contribution in [3.8, 4) is 11.5 Å². The topological polar surface area (TPSA) is 59.9 Å². The molecule has 1 N–H and O–H groups in total. The molecular weight excluding hydrogens is 364 g/mol. The third-order valence-electron chi connectivity index (χ3n) is 5.21. The van der Waals surface area contributed by atoms with Gasteiger partial charge in [0.15, 0.2) is 11.5 Å². The lowest BCUT2D eigenvalue weighted by Gasteiger charge is -2.19. The van der Waals surface area contributed by atoms with E-state index in [9.17, 15) is 4.79 Å². The van der Waals surface area contributed by atoms with E-state index >= 15 is 0 Å². The van der Waals surface area contributed by atoms with Crippen LogP contribution < -0.4 is 14.9 Å². The molecule has 2 unspecified atom stereocenters. The third-order valence-corrected chi connectivity index (χ3v) is 5.21. The fourth-order valence-corrected chi connectivity index (χ4v) is 3.38. The number of amides is 1. The number of rotatable bonds is 7. The highest BCUT2D eigenvalue weighted by molar-refractivity contribution is 5.86. The highest BCUT2D eigenvalue weighted by atomic mass is 16.5. The Kier molecular flexibility index (Phi) is 6.26. The van der Waals surface area contributed by atoms with Crippen molar-refractivity contribution in [2.24, 2.45) is 11.0 Å². The average molecular weight is 395 g/mol. The molecule has 1 saturated carbocycles. The summed E-state index contributed by atoms with van der Waals surface area (Å²) in [5, 5.41) is 4.11. The first-order chi connectivity index (χ1) is 13.8. The Labute approximate surface area is 173 Å². The van der Waals surface area contributed by atoms with Crippen LogP contribution in [0.15, 0.2) is 47.6 Å². The fraction of sp³-hybridized carbons (Fsp3) is 0.417. The van der Waals surface area contributed by atoms with Gasteiger partial charge in [0.05, 0.1) is 19.9 Å². The number of hydrogen-bond donors (Lipinski definition) is 1. The van der Waals surface area contributed by atoms with Crippen molar-refractivity contribution in [1.82, 2.24) is 5.43 Å². The molecule has 0 spiro atoms. The molecule has 1 fully saturated rings. The van der Waals surface area contributed by atoms with Crippen LogP contribution in [0, 0.1) is 5.92 Å². The fourth-order valence-electron chi connectivity index (χ4n) is 3.38. The maximum Gasteiger partial charge on any atom is 0.243 e. The molecule has 2 atom stereocenters. The molecule has 0 aromatic heterocycles. The molecule has 0 aliphatic heterocycles. The monoisotopic (exact) mass is 394 g/mol. The molecular formula is C24H30N2O3. The average Bonchev–Trinajstić information content (AvgIpc) is 3.49. The van der Waals surface area contributed by atoms with Gasteiger partial charge >= 0.3 is 0 Å². The van der Waals surface area contributed by atoms with Gasteiger partial charge in [-0.15, -0.1) is 0 Å². The maximum absolute atomic E-state index is 12.4. The molecule has 5 nitrogen and oxygen atoms in total. The number of nitrogens with zero attached hydrogens (tertiary/aromatic N) is 1. The van der Waals surface area contributed by atoms with E-state index in [0.29, 0.717) is 18.1 Å². The second-order valence-electron chi connectivity index (χ2n) is 8.40. The summed E-state index contributed by atoms with van der Waals surface area (Å²) < 4.78 is 10.8. The number of carbonyl (C=O) groups excluding carboxylic acids is 1. The molecule has 0 saturated heterocycles. The molecule has 2 aromatic rings. The van der Waals surface area contributed by atoms with Gasteiger partial charge in [-0.05, 0) is 59.6 Å². The Morgan fingerprint density at radius 2 is 1.90 bits per heavy atom. The summed E-state index contributed by atoms with van der Waals surface area (Å²) in [4.78, 5) is 12.4. The molecule has 1 amide bonds. The largest absolute Gasteiger partial charge is 0.493 e. The number of hydrogen-bond acceptors (Lipinski definition) is 4. The Bertz CT molecular complexity index is 882. The van der Waals surface area contributed by atoms with E-state index in [1.807, 2.05) is 25.1 Å². The van der Waals surface area contributed by atoms with Crippen LogP contribution in [0.4, 0.5) is 0 Å². The van der Waals surface area contributed by atoms with Crippen LogP contribution in [0.1, 0.15) is 56.7 Å². The minimum Gasteiger partial charge on any atom is -0.493 e. The number of nitrogens with one attached hydrogen (secondary N) is 1. The zero-order chi connectivity index (χ0) is 21.0. The quantitative estimate of drug-likeness (QED) is 0.549. The van der Waals surface area contributed by atoms with Gasteiger partial charge < -0.3 is 9.47 Å². The van der Waals surface area contributed by atoms with Gasteiger partial charge in [0, 0.05) is 5.92 Å².